The Morgan fingerprint density at radius 1 is 1.00 bits per heavy atom. The van der Waals surface area contributed by atoms with Crippen LogP contribution in [0.15, 0.2) is 90.2 Å². The predicted molar refractivity (Wildman–Crippen MR) is 149 cm³/mol. The molecule has 1 amide bonds. The number of aliphatic hydroxyl groups excluding tert-OH is 1. The number of allylic oxidation sites excluding steroid dienone is 1. The molecule has 1 aliphatic heterocycles. The Hall–Kier alpha value is -4.43. The molecule has 1 aliphatic rings. The van der Waals surface area contributed by atoms with E-state index in [4.69, 9.17) is 9.47 Å². The van der Waals surface area contributed by atoms with Crippen LogP contribution >= 0.6 is 11.3 Å². The molecular weight excluding hydrogens is 500 g/mol. The minimum absolute atomic E-state index is 0.00917. The van der Waals surface area contributed by atoms with Crippen molar-refractivity contribution >= 4 is 44.5 Å². The van der Waals surface area contributed by atoms with Crippen LogP contribution in [0.25, 0.3) is 16.3 Å². The number of aromatic nitrogens is 1. The number of thiazole rings is 1. The van der Waals surface area contributed by atoms with Crippen LogP contribution < -0.4 is 14.4 Å². The SMILES string of the molecule is CCOc1cccc(C2C(C(=O)/C=C/c3ccccc3)=C(O)C(=O)N2c2nc3ccc(OCC)cc3s2)c1. The van der Waals surface area contributed by atoms with Gasteiger partial charge in [-0.15, -0.1) is 0 Å². The van der Waals surface area contributed by atoms with E-state index in [1.807, 2.05) is 62.4 Å². The molecule has 3 aromatic carbocycles. The third-order valence-corrected chi connectivity index (χ3v) is 7.07. The normalized spacial score (nSPS) is 15.6. The van der Waals surface area contributed by atoms with Crippen LogP contribution in [0.4, 0.5) is 5.13 Å². The van der Waals surface area contributed by atoms with Crippen LogP contribution in [0.2, 0.25) is 0 Å². The van der Waals surface area contributed by atoms with Gasteiger partial charge < -0.3 is 14.6 Å². The molecule has 1 N–H and O–H groups in total. The minimum atomic E-state index is -0.886. The van der Waals surface area contributed by atoms with Gasteiger partial charge in [0, 0.05) is 0 Å². The molecule has 1 unspecified atom stereocenters. The van der Waals surface area contributed by atoms with Crippen molar-refractivity contribution in [1.82, 2.24) is 4.98 Å². The number of ketones is 1. The molecule has 0 spiro atoms. The molecule has 5 rings (SSSR count). The van der Waals surface area contributed by atoms with Crippen molar-refractivity contribution in [2.45, 2.75) is 19.9 Å². The summed E-state index contributed by atoms with van der Waals surface area (Å²) in [7, 11) is 0. The van der Waals surface area contributed by atoms with Gasteiger partial charge in [0.1, 0.15) is 11.5 Å². The summed E-state index contributed by atoms with van der Waals surface area (Å²) in [5.41, 5.74) is 2.13. The number of benzene rings is 3. The van der Waals surface area contributed by atoms with Crippen molar-refractivity contribution < 1.29 is 24.2 Å². The van der Waals surface area contributed by atoms with E-state index in [1.54, 1.807) is 30.3 Å². The Kier molecular flexibility index (Phi) is 7.24. The van der Waals surface area contributed by atoms with Gasteiger partial charge in [0.25, 0.3) is 5.91 Å². The van der Waals surface area contributed by atoms with Gasteiger partial charge in [-0.1, -0.05) is 59.9 Å². The fourth-order valence-corrected chi connectivity index (χ4v) is 5.41. The van der Waals surface area contributed by atoms with E-state index in [9.17, 15) is 14.7 Å². The summed E-state index contributed by atoms with van der Waals surface area (Å²) in [6.07, 6.45) is 3.04. The summed E-state index contributed by atoms with van der Waals surface area (Å²) in [4.78, 5) is 33.0. The highest BCUT2D eigenvalue weighted by molar-refractivity contribution is 7.22. The number of aliphatic hydroxyl groups is 1. The molecule has 0 radical (unpaired) electrons. The zero-order chi connectivity index (χ0) is 26.6. The van der Waals surface area contributed by atoms with E-state index in [1.165, 1.54) is 22.3 Å². The van der Waals surface area contributed by atoms with E-state index in [0.717, 1.165) is 10.3 Å². The molecule has 0 aliphatic carbocycles. The van der Waals surface area contributed by atoms with E-state index >= 15 is 0 Å². The Morgan fingerprint density at radius 3 is 2.47 bits per heavy atom. The topological polar surface area (TPSA) is 89.0 Å². The molecule has 0 bridgehead atoms. The van der Waals surface area contributed by atoms with E-state index in [0.29, 0.717) is 40.9 Å². The zero-order valence-electron chi connectivity index (χ0n) is 21.0. The lowest BCUT2D eigenvalue weighted by atomic mass is 9.95. The van der Waals surface area contributed by atoms with Crippen molar-refractivity contribution in [3.63, 3.8) is 0 Å². The van der Waals surface area contributed by atoms with Gasteiger partial charge in [0.05, 0.1) is 35.0 Å². The maximum Gasteiger partial charge on any atom is 0.296 e. The molecule has 38 heavy (non-hydrogen) atoms. The summed E-state index contributed by atoms with van der Waals surface area (Å²) < 4.78 is 12.1. The monoisotopic (exact) mass is 526 g/mol. The average Bonchev–Trinajstić information content (AvgIpc) is 3.46. The molecule has 1 atom stereocenters. The lowest BCUT2D eigenvalue weighted by molar-refractivity contribution is -0.117. The average molecular weight is 527 g/mol. The van der Waals surface area contributed by atoms with Crippen molar-refractivity contribution in [1.29, 1.82) is 0 Å². The number of ether oxygens (including phenoxy) is 2. The Labute approximate surface area is 224 Å². The third kappa shape index (κ3) is 4.90. The predicted octanol–water partition coefficient (Wildman–Crippen LogP) is 6.28. The first kappa shape index (κ1) is 25.2. The van der Waals surface area contributed by atoms with Crippen LogP contribution in [0.5, 0.6) is 11.5 Å². The molecule has 7 nitrogen and oxygen atoms in total. The molecule has 8 heteroatoms. The van der Waals surface area contributed by atoms with Crippen LogP contribution in [0.3, 0.4) is 0 Å². The Morgan fingerprint density at radius 2 is 1.74 bits per heavy atom. The van der Waals surface area contributed by atoms with Crippen molar-refractivity contribution in [3.8, 4) is 11.5 Å². The summed E-state index contributed by atoms with van der Waals surface area (Å²) in [6.45, 7) is 4.78. The standard InChI is InChI=1S/C30H26N2O5S/c1-3-36-21-12-8-11-20(17-21)27-26(24(33)16-13-19-9-6-5-7-10-19)28(34)29(35)32(27)30-31-23-15-14-22(37-4-2)18-25(23)38-30/h5-18,27,34H,3-4H2,1-2H3/b16-13+. The third-order valence-electron chi connectivity index (χ3n) is 6.05. The molecule has 0 saturated heterocycles. The highest BCUT2D eigenvalue weighted by Crippen LogP contribution is 2.44. The second-order valence-corrected chi connectivity index (χ2v) is 9.52. The summed E-state index contributed by atoms with van der Waals surface area (Å²) in [6, 6.07) is 21.2. The molecular formula is C30H26N2O5S. The Balaban J connectivity index is 1.60. The van der Waals surface area contributed by atoms with Gasteiger partial charge in [-0.2, -0.15) is 0 Å². The lowest BCUT2D eigenvalue weighted by Crippen LogP contribution is -2.30. The van der Waals surface area contributed by atoms with Crippen LogP contribution in [0.1, 0.15) is 31.0 Å². The van der Waals surface area contributed by atoms with Crippen LogP contribution in [-0.2, 0) is 9.59 Å². The number of amides is 1. The Bertz CT molecular complexity index is 1560. The maximum absolute atomic E-state index is 13.5. The number of hydrogen-bond donors (Lipinski definition) is 1. The lowest BCUT2D eigenvalue weighted by Gasteiger charge is -2.24. The van der Waals surface area contributed by atoms with Gasteiger partial charge in [-0.3, -0.25) is 14.5 Å². The second-order valence-electron chi connectivity index (χ2n) is 8.51. The van der Waals surface area contributed by atoms with Gasteiger partial charge in [-0.05, 0) is 61.4 Å². The van der Waals surface area contributed by atoms with Crippen LogP contribution in [-0.4, -0.2) is 35.0 Å². The summed E-state index contributed by atoms with van der Waals surface area (Å²) in [5.74, 6) is -0.437. The number of fused-ring (bicyclic) bond motifs is 1. The molecule has 1 aromatic heterocycles. The summed E-state index contributed by atoms with van der Waals surface area (Å²) >= 11 is 1.29. The van der Waals surface area contributed by atoms with Gasteiger partial charge in [-0.25, -0.2) is 4.98 Å². The number of rotatable bonds is 9. The number of carbonyl (C=O) groups is 2. The van der Waals surface area contributed by atoms with E-state index in [-0.39, 0.29) is 5.57 Å². The molecule has 2 heterocycles. The van der Waals surface area contributed by atoms with Crippen LogP contribution in [0, 0.1) is 0 Å². The molecule has 0 saturated carbocycles. The first-order valence-corrected chi connectivity index (χ1v) is 13.1. The first-order chi connectivity index (χ1) is 18.5. The number of hydrogen-bond acceptors (Lipinski definition) is 7. The largest absolute Gasteiger partial charge is 0.503 e. The molecule has 4 aromatic rings. The van der Waals surface area contributed by atoms with Crippen molar-refractivity contribution in [2.75, 3.05) is 18.1 Å². The van der Waals surface area contributed by atoms with E-state index < -0.39 is 23.5 Å². The first-order valence-electron chi connectivity index (χ1n) is 12.3. The van der Waals surface area contributed by atoms with Gasteiger partial charge in [0.15, 0.2) is 16.7 Å². The quantitative estimate of drug-likeness (QED) is 0.258. The smallest absolute Gasteiger partial charge is 0.296 e. The number of nitrogens with zero attached hydrogens (tertiary/aromatic N) is 2. The van der Waals surface area contributed by atoms with Gasteiger partial charge >= 0.3 is 0 Å². The number of anilines is 1. The minimum Gasteiger partial charge on any atom is -0.503 e. The molecule has 0 fully saturated rings. The second kappa shape index (κ2) is 10.9. The zero-order valence-corrected chi connectivity index (χ0v) is 21.8. The van der Waals surface area contributed by atoms with Gasteiger partial charge in [0.2, 0.25) is 0 Å². The maximum atomic E-state index is 13.5. The van der Waals surface area contributed by atoms with Crippen molar-refractivity contribution in [2.24, 2.45) is 0 Å². The fraction of sp³-hybridized carbons (Fsp3) is 0.167. The molecule has 192 valence electrons. The van der Waals surface area contributed by atoms with Crippen molar-refractivity contribution in [3.05, 3.63) is 101 Å². The highest BCUT2D eigenvalue weighted by Gasteiger charge is 2.45. The summed E-state index contributed by atoms with van der Waals surface area (Å²) in [5, 5.41) is 11.4. The highest BCUT2D eigenvalue weighted by atomic mass is 32.1. The van der Waals surface area contributed by atoms with E-state index in [2.05, 4.69) is 4.98 Å². The number of carbonyl (C=O) groups excluding carboxylic acids is 2. The fourth-order valence-electron chi connectivity index (χ4n) is 4.39.